The second-order valence-corrected chi connectivity index (χ2v) is 4.20. The van der Waals surface area contributed by atoms with Gasteiger partial charge in [0.15, 0.2) is 0 Å². The maximum absolute atomic E-state index is 11.3. The van der Waals surface area contributed by atoms with Gasteiger partial charge in [-0.1, -0.05) is 13.3 Å². The molecule has 0 aliphatic carbocycles. The molecule has 0 amide bonds. The predicted molar refractivity (Wildman–Crippen MR) is 60.9 cm³/mol. The van der Waals surface area contributed by atoms with E-state index >= 15 is 0 Å². The van der Waals surface area contributed by atoms with Gasteiger partial charge in [-0.3, -0.25) is 9.48 Å². The summed E-state index contributed by atoms with van der Waals surface area (Å²) in [4.78, 5) is 11.3. The first-order chi connectivity index (χ1) is 7.54. The molecule has 1 aromatic rings. The molecule has 1 rings (SSSR count). The normalized spacial score (nSPS) is 14.7. The summed E-state index contributed by atoms with van der Waals surface area (Å²) in [6.45, 7) is 2.11. The molecular weight excluding hydrogens is 206 g/mol. The lowest BCUT2D eigenvalue weighted by atomic mass is 9.79. The molecule has 3 N–H and O–H groups in total. The summed E-state index contributed by atoms with van der Waals surface area (Å²) in [6, 6.07) is 1.84. The van der Waals surface area contributed by atoms with Gasteiger partial charge in [-0.2, -0.15) is 5.10 Å². The average molecular weight is 225 g/mol. The van der Waals surface area contributed by atoms with Crippen molar-refractivity contribution in [2.24, 2.45) is 18.2 Å². The van der Waals surface area contributed by atoms with Gasteiger partial charge in [-0.25, -0.2) is 0 Å². The third-order valence-corrected chi connectivity index (χ3v) is 2.86. The van der Waals surface area contributed by atoms with Gasteiger partial charge in [0.2, 0.25) is 0 Å². The van der Waals surface area contributed by atoms with E-state index in [9.17, 15) is 9.90 Å². The Morgan fingerprint density at radius 3 is 2.75 bits per heavy atom. The van der Waals surface area contributed by atoms with Crippen LogP contribution in [0.2, 0.25) is 0 Å². The van der Waals surface area contributed by atoms with Crippen molar-refractivity contribution < 1.29 is 9.90 Å². The first kappa shape index (κ1) is 12.7. The summed E-state index contributed by atoms with van der Waals surface area (Å²) < 4.78 is 1.67. The molecule has 90 valence electrons. The highest BCUT2D eigenvalue weighted by Crippen LogP contribution is 2.27. The largest absolute Gasteiger partial charge is 0.481 e. The molecule has 0 saturated heterocycles. The van der Waals surface area contributed by atoms with Crippen LogP contribution in [0.5, 0.6) is 0 Å². The van der Waals surface area contributed by atoms with Crippen LogP contribution in [-0.4, -0.2) is 27.4 Å². The topological polar surface area (TPSA) is 81.1 Å². The van der Waals surface area contributed by atoms with Crippen molar-refractivity contribution in [3.63, 3.8) is 0 Å². The first-order valence-electron chi connectivity index (χ1n) is 5.46. The number of hydrogen-bond donors (Lipinski definition) is 2. The van der Waals surface area contributed by atoms with Gasteiger partial charge in [0, 0.05) is 26.2 Å². The Balaban J connectivity index is 2.89. The van der Waals surface area contributed by atoms with Crippen molar-refractivity contribution in [2.45, 2.75) is 26.2 Å². The number of hydrogen-bond acceptors (Lipinski definition) is 3. The van der Waals surface area contributed by atoms with Gasteiger partial charge >= 0.3 is 5.97 Å². The lowest BCUT2D eigenvalue weighted by molar-refractivity contribution is -0.148. The van der Waals surface area contributed by atoms with Gasteiger partial charge in [0.1, 0.15) is 0 Å². The number of nitrogens with zero attached hydrogens (tertiary/aromatic N) is 2. The zero-order valence-corrected chi connectivity index (χ0v) is 9.81. The Labute approximate surface area is 95.3 Å². The van der Waals surface area contributed by atoms with Crippen molar-refractivity contribution in [1.29, 1.82) is 0 Å². The van der Waals surface area contributed by atoms with Gasteiger partial charge in [-0.05, 0) is 12.5 Å². The summed E-state index contributed by atoms with van der Waals surface area (Å²) in [5.74, 6) is -0.831. The summed E-state index contributed by atoms with van der Waals surface area (Å²) in [6.07, 6.45) is 3.59. The van der Waals surface area contributed by atoms with Gasteiger partial charge in [0.05, 0.1) is 11.1 Å². The van der Waals surface area contributed by atoms with Gasteiger partial charge in [-0.15, -0.1) is 0 Å². The minimum absolute atomic E-state index is 0.146. The Morgan fingerprint density at radius 1 is 1.69 bits per heavy atom. The monoisotopic (exact) mass is 225 g/mol. The number of carboxylic acid groups (broad SMARTS) is 1. The van der Waals surface area contributed by atoms with Crippen molar-refractivity contribution >= 4 is 5.97 Å². The van der Waals surface area contributed by atoms with Crippen LogP contribution in [-0.2, 0) is 18.3 Å². The second kappa shape index (κ2) is 5.12. The molecule has 1 heterocycles. The highest BCUT2D eigenvalue weighted by Gasteiger charge is 2.37. The van der Waals surface area contributed by atoms with E-state index in [1.807, 2.05) is 26.2 Å². The maximum atomic E-state index is 11.3. The summed E-state index contributed by atoms with van der Waals surface area (Å²) in [5.41, 5.74) is 5.54. The van der Waals surface area contributed by atoms with Crippen LogP contribution < -0.4 is 5.73 Å². The molecule has 5 nitrogen and oxygen atoms in total. The molecule has 0 fully saturated rings. The number of aryl methyl sites for hydroxylation is 1. The molecule has 0 aliphatic heterocycles. The molecular formula is C11H19N3O2. The molecule has 0 bridgehead atoms. The standard InChI is InChI=1S/C11H19N3O2/c1-3-5-11(8-12,10(15)16)7-9-4-6-14(2)13-9/h4,6H,3,5,7-8,12H2,1-2H3,(H,15,16). The van der Waals surface area contributed by atoms with Crippen molar-refractivity contribution in [3.05, 3.63) is 18.0 Å². The number of aliphatic carboxylic acids is 1. The maximum Gasteiger partial charge on any atom is 0.311 e. The molecule has 1 atom stereocenters. The molecule has 0 spiro atoms. The van der Waals surface area contributed by atoms with Crippen LogP contribution in [0.4, 0.5) is 0 Å². The zero-order valence-electron chi connectivity index (χ0n) is 9.81. The van der Waals surface area contributed by atoms with Crippen molar-refractivity contribution in [3.8, 4) is 0 Å². The third-order valence-electron chi connectivity index (χ3n) is 2.86. The molecule has 0 saturated carbocycles. The number of carboxylic acids is 1. The Bertz CT molecular complexity index is 362. The fourth-order valence-electron chi connectivity index (χ4n) is 1.92. The molecule has 16 heavy (non-hydrogen) atoms. The zero-order chi connectivity index (χ0) is 12.2. The third kappa shape index (κ3) is 2.61. The lowest BCUT2D eigenvalue weighted by Gasteiger charge is -2.26. The number of carbonyl (C=O) groups is 1. The predicted octanol–water partition coefficient (Wildman–Crippen LogP) is 0.792. The molecule has 1 aromatic heterocycles. The van der Waals surface area contributed by atoms with E-state index < -0.39 is 11.4 Å². The van der Waals surface area contributed by atoms with Crippen LogP contribution in [0.3, 0.4) is 0 Å². The quantitative estimate of drug-likeness (QED) is 0.750. The molecule has 0 radical (unpaired) electrons. The SMILES string of the molecule is CCCC(CN)(Cc1ccn(C)n1)C(=O)O. The minimum Gasteiger partial charge on any atom is -0.481 e. The van der Waals surface area contributed by atoms with Crippen molar-refractivity contribution in [1.82, 2.24) is 9.78 Å². The molecule has 0 aromatic carbocycles. The van der Waals surface area contributed by atoms with E-state index in [0.29, 0.717) is 12.8 Å². The molecule has 1 unspecified atom stereocenters. The summed E-state index contributed by atoms with van der Waals surface area (Å²) in [5, 5.41) is 13.5. The van der Waals surface area contributed by atoms with Gasteiger partial charge in [0.25, 0.3) is 0 Å². The summed E-state index contributed by atoms with van der Waals surface area (Å²) in [7, 11) is 1.81. The van der Waals surface area contributed by atoms with Crippen LogP contribution in [0, 0.1) is 5.41 Å². The summed E-state index contributed by atoms with van der Waals surface area (Å²) >= 11 is 0. The number of nitrogens with two attached hydrogens (primary N) is 1. The highest BCUT2D eigenvalue weighted by molar-refractivity contribution is 5.75. The van der Waals surface area contributed by atoms with Crippen LogP contribution in [0.25, 0.3) is 0 Å². The minimum atomic E-state index is -0.872. The van der Waals surface area contributed by atoms with E-state index in [1.165, 1.54) is 0 Å². The Hall–Kier alpha value is -1.36. The second-order valence-electron chi connectivity index (χ2n) is 4.20. The number of aromatic nitrogens is 2. The lowest BCUT2D eigenvalue weighted by Crippen LogP contribution is -2.40. The van der Waals surface area contributed by atoms with Crippen LogP contribution in [0.15, 0.2) is 12.3 Å². The Kier molecular flexibility index (Phi) is 4.06. The molecule has 5 heteroatoms. The highest BCUT2D eigenvalue weighted by atomic mass is 16.4. The van der Waals surface area contributed by atoms with Crippen LogP contribution >= 0.6 is 0 Å². The average Bonchev–Trinajstić information content (AvgIpc) is 2.63. The van der Waals surface area contributed by atoms with Gasteiger partial charge < -0.3 is 10.8 Å². The Morgan fingerprint density at radius 2 is 2.38 bits per heavy atom. The first-order valence-corrected chi connectivity index (χ1v) is 5.46. The fraction of sp³-hybridized carbons (Fsp3) is 0.636. The fourth-order valence-corrected chi connectivity index (χ4v) is 1.92. The van der Waals surface area contributed by atoms with Crippen LogP contribution in [0.1, 0.15) is 25.5 Å². The van der Waals surface area contributed by atoms with E-state index in [-0.39, 0.29) is 6.54 Å². The molecule has 0 aliphatic rings. The van der Waals surface area contributed by atoms with E-state index in [2.05, 4.69) is 5.10 Å². The van der Waals surface area contributed by atoms with Crippen molar-refractivity contribution in [2.75, 3.05) is 6.54 Å². The van der Waals surface area contributed by atoms with E-state index in [4.69, 9.17) is 5.73 Å². The van der Waals surface area contributed by atoms with E-state index in [0.717, 1.165) is 12.1 Å². The smallest absolute Gasteiger partial charge is 0.311 e. The number of rotatable bonds is 6. The van der Waals surface area contributed by atoms with E-state index in [1.54, 1.807) is 4.68 Å².